The molecule has 74 valence electrons. The molecule has 0 saturated heterocycles. The maximum absolute atomic E-state index is 9.29. The van der Waals surface area contributed by atoms with Crippen LogP contribution in [0.1, 0.15) is 39.0 Å². The van der Waals surface area contributed by atoms with E-state index in [1.807, 2.05) is 0 Å². The second kappa shape index (κ2) is 5.48. The molecule has 0 spiro atoms. The van der Waals surface area contributed by atoms with Crippen molar-refractivity contribution in [1.82, 2.24) is 0 Å². The van der Waals surface area contributed by atoms with Gasteiger partial charge in [-0.2, -0.15) is 0 Å². The molecule has 12 heavy (non-hydrogen) atoms. The zero-order chi connectivity index (χ0) is 9.61. The SMILES string of the molecule is CCCCCCC(N)(O)C(N)O. The van der Waals surface area contributed by atoms with Gasteiger partial charge in [-0.05, 0) is 12.8 Å². The Balaban J connectivity index is 3.47. The van der Waals surface area contributed by atoms with E-state index in [1.54, 1.807) is 0 Å². The van der Waals surface area contributed by atoms with Crippen LogP contribution in [0.4, 0.5) is 0 Å². The number of aliphatic hydroxyl groups excluding tert-OH is 1. The fraction of sp³-hybridized carbons (Fsp3) is 1.00. The van der Waals surface area contributed by atoms with Crippen LogP contribution in [0.3, 0.4) is 0 Å². The molecule has 0 bridgehead atoms. The Kier molecular flexibility index (Phi) is 5.41. The van der Waals surface area contributed by atoms with Gasteiger partial charge in [-0.25, -0.2) is 0 Å². The largest absolute Gasteiger partial charge is 0.374 e. The van der Waals surface area contributed by atoms with Gasteiger partial charge in [0.1, 0.15) is 6.23 Å². The van der Waals surface area contributed by atoms with Crippen molar-refractivity contribution in [2.75, 3.05) is 0 Å². The van der Waals surface area contributed by atoms with Gasteiger partial charge < -0.3 is 21.7 Å². The Morgan fingerprint density at radius 2 is 1.92 bits per heavy atom. The molecular formula is C8H20N2O2. The molecule has 0 heterocycles. The van der Waals surface area contributed by atoms with E-state index in [2.05, 4.69) is 6.92 Å². The van der Waals surface area contributed by atoms with Gasteiger partial charge in [0.2, 0.25) is 0 Å². The minimum Gasteiger partial charge on any atom is -0.374 e. The average molecular weight is 176 g/mol. The number of nitrogens with two attached hydrogens (primary N) is 2. The molecule has 6 N–H and O–H groups in total. The molecule has 4 nitrogen and oxygen atoms in total. The third-order valence-electron chi connectivity index (χ3n) is 1.94. The molecule has 2 atom stereocenters. The Bertz CT molecular complexity index is 116. The number of unbranched alkanes of at least 4 members (excludes halogenated alkanes) is 3. The third kappa shape index (κ3) is 4.66. The number of hydrogen-bond donors (Lipinski definition) is 4. The Morgan fingerprint density at radius 3 is 2.33 bits per heavy atom. The first-order valence-electron chi connectivity index (χ1n) is 4.45. The van der Waals surface area contributed by atoms with Crippen LogP contribution in [0.25, 0.3) is 0 Å². The molecule has 0 aliphatic rings. The lowest BCUT2D eigenvalue weighted by atomic mass is 10.0. The van der Waals surface area contributed by atoms with Crippen LogP contribution in [-0.2, 0) is 0 Å². The van der Waals surface area contributed by atoms with Crippen LogP contribution in [0, 0.1) is 0 Å². The summed E-state index contributed by atoms with van der Waals surface area (Å²) in [6, 6.07) is 0. The van der Waals surface area contributed by atoms with Crippen molar-refractivity contribution in [1.29, 1.82) is 0 Å². The summed E-state index contributed by atoms with van der Waals surface area (Å²) in [5.74, 6) is 0. The normalized spacial score (nSPS) is 18.8. The Labute approximate surface area is 73.6 Å². The van der Waals surface area contributed by atoms with Crippen molar-refractivity contribution in [3.63, 3.8) is 0 Å². The standard InChI is InChI=1S/C8H20N2O2/c1-2-3-4-5-6-8(10,12)7(9)11/h7,11-12H,2-6,9-10H2,1H3. The van der Waals surface area contributed by atoms with Crippen LogP contribution in [0.15, 0.2) is 0 Å². The van der Waals surface area contributed by atoms with Crippen molar-refractivity contribution in [2.45, 2.75) is 51.0 Å². The minimum absolute atomic E-state index is 0.352. The smallest absolute Gasteiger partial charge is 0.152 e. The molecule has 0 aromatic heterocycles. The summed E-state index contributed by atoms with van der Waals surface area (Å²) in [4.78, 5) is 0. The zero-order valence-electron chi connectivity index (χ0n) is 7.66. The molecule has 0 radical (unpaired) electrons. The first-order chi connectivity index (χ1) is 5.50. The van der Waals surface area contributed by atoms with Gasteiger partial charge in [0, 0.05) is 0 Å². The molecule has 0 saturated carbocycles. The average Bonchev–Trinajstić information content (AvgIpc) is 1.98. The topological polar surface area (TPSA) is 92.5 Å². The predicted octanol–water partition coefficient (Wildman–Crippen LogP) is -0.119. The third-order valence-corrected chi connectivity index (χ3v) is 1.94. The Morgan fingerprint density at radius 1 is 1.33 bits per heavy atom. The lowest BCUT2D eigenvalue weighted by molar-refractivity contribution is -0.0742. The van der Waals surface area contributed by atoms with Crippen LogP contribution in [-0.4, -0.2) is 22.2 Å². The van der Waals surface area contributed by atoms with Gasteiger partial charge in [-0.3, -0.25) is 0 Å². The summed E-state index contributed by atoms with van der Waals surface area (Å²) in [5.41, 5.74) is 8.77. The van der Waals surface area contributed by atoms with E-state index in [0.29, 0.717) is 6.42 Å². The molecule has 0 amide bonds. The number of rotatable bonds is 6. The van der Waals surface area contributed by atoms with Gasteiger partial charge in [0.05, 0.1) is 0 Å². The van der Waals surface area contributed by atoms with Crippen molar-refractivity contribution >= 4 is 0 Å². The molecular weight excluding hydrogens is 156 g/mol. The van der Waals surface area contributed by atoms with E-state index in [-0.39, 0.29) is 0 Å². The molecule has 0 aliphatic carbocycles. The summed E-state index contributed by atoms with van der Waals surface area (Å²) in [6.45, 7) is 2.10. The highest BCUT2D eigenvalue weighted by Gasteiger charge is 2.26. The fourth-order valence-corrected chi connectivity index (χ4v) is 0.983. The van der Waals surface area contributed by atoms with Crippen LogP contribution >= 0.6 is 0 Å². The van der Waals surface area contributed by atoms with Crippen LogP contribution < -0.4 is 11.5 Å². The second-order valence-corrected chi connectivity index (χ2v) is 3.25. The van der Waals surface area contributed by atoms with Gasteiger partial charge in [0.15, 0.2) is 5.72 Å². The van der Waals surface area contributed by atoms with Gasteiger partial charge in [-0.15, -0.1) is 0 Å². The van der Waals surface area contributed by atoms with Gasteiger partial charge in [-0.1, -0.05) is 26.2 Å². The summed E-state index contributed by atoms with van der Waals surface area (Å²) in [5, 5.41) is 18.1. The maximum Gasteiger partial charge on any atom is 0.152 e. The second-order valence-electron chi connectivity index (χ2n) is 3.25. The first kappa shape index (κ1) is 11.8. The van der Waals surface area contributed by atoms with Gasteiger partial charge in [0.25, 0.3) is 0 Å². The highest BCUT2D eigenvalue weighted by atomic mass is 16.4. The monoisotopic (exact) mass is 176 g/mol. The molecule has 0 aliphatic heterocycles. The fourth-order valence-electron chi connectivity index (χ4n) is 0.983. The van der Waals surface area contributed by atoms with E-state index >= 15 is 0 Å². The quantitative estimate of drug-likeness (QED) is 0.335. The molecule has 2 unspecified atom stereocenters. The van der Waals surface area contributed by atoms with Gasteiger partial charge >= 0.3 is 0 Å². The predicted molar refractivity (Wildman–Crippen MR) is 48.1 cm³/mol. The van der Waals surface area contributed by atoms with E-state index in [4.69, 9.17) is 16.6 Å². The highest BCUT2D eigenvalue weighted by molar-refractivity contribution is 4.75. The molecule has 0 fully saturated rings. The molecule has 0 aromatic rings. The van der Waals surface area contributed by atoms with E-state index in [0.717, 1.165) is 25.7 Å². The Hall–Kier alpha value is -0.160. The zero-order valence-corrected chi connectivity index (χ0v) is 7.66. The number of aliphatic hydroxyl groups is 2. The molecule has 0 rings (SSSR count). The van der Waals surface area contributed by atoms with Crippen LogP contribution in [0.2, 0.25) is 0 Å². The van der Waals surface area contributed by atoms with Crippen molar-refractivity contribution in [3.05, 3.63) is 0 Å². The minimum atomic E-state index is -1.62. The van der Waals surface area contributed by atoms with E-state index in [1.165, 1.54) is 0 Å². The summed E-state index contributed by atoms with van der Waals surface area (Å²) >= 11 is 0. The van der Waals surface area contributed by atoms with Crippen molar-refractivity contribution in [3.8, 4) is 0 Å². The number of hydrogen-bond acceptors (Lipinski definition) is 4. The summed E-state index contributed by atoms with van der Waals surface area (Å²) in [6.07, 6.45) is 3.08. The van der Waals surface area contributed by atoms with E-state index in [9.17, 15) is 5.11 Å². The van der Waals surface area contributed by atoms with Crippen molar-refractivity contribution < 1.29 is 10.2 Å². The van der Waals surface area contributed by atoms with Crippen LogP contribution in [0.5, 0.6) is 0 Å². The maximum atomic E-state index is 9.29. The lowest BCUT2D eigenvalue weighted by Crippen LogP contribution is -2.55. The lowest BCUT2D eigenvalue weighted by Gasteiger charge is -2.25. The summed E-state index contributed by atoms with van der Waals surface area (Å²) < 4.78 is 0. The van der Waals surface area contributed by atoms with E-state index < -0.39 is 12.0 Å². The molecule has 4 heteroatoms. The van der Waals surface area contributed by atoms with Crippen molar-refractivity contribution in [2.24, 2.45) is 11.5 Å². The summed E-state index contributed by atoms with van der Waals surface area (Å²) in [7, 11) is 0. The molecule has 0 aromatic carbocycles. The first-order valence-corrected chi connectivity index (χ1v) is 4.45. The highest BCUT2D eigenvalue weighted by Crippen LogP contribution is 2.11.